The fourth-order valence-electron chi connectivity index (χ4n) is 2.63. The second kappa shape index (κ2) is 6.40. The molecule has 0 spiro atoms. The summed E-state index contributed by atoms with van der Waals surface area (Å²) in [7, 11) is 0. The van der Waals surface area contributed by atoms with Crippen molar-refractivity contribution < 1.29 is 24.2 Å². The van der Waals surface area contributed by atoms with Gasteiger partial charge in [-0.05, 0) is 39.2 Å². The van der Waals surface area contributed by atoms with Crippen LogP contribution in [0.5, 0.6) is 0 Å². The van der Waals surface area contributed by atoms with Crippen molar-refractivity contribution in [3.63, 3.8) is 0 Å². The van der Waals surface area contributed by atoms with Crippen LogP contribution in [0.25, 0.3) is 0 Å². The Hall–Kier alpha value is -2.37. The van der Waals surface area contributed by atoms with E-state index in [2.05, 4.69) is 0 Å². The van der Waals surface area contributed by atoms with Gasteiger partial charge in [-0.2, -0.15) is 0 Å². The van der Waals surface area contributed by atoms with E-state index in [0.717, 1.165) is 10.5 Å². The van der Waals surface area contributed by atoms with E-state index in [-0.39, 0.29) is 6.42 Å². The van der Waals surface area contributed by atoms with Gasteiger partial charge in [0.05, 0.1) is 0 Å². The van der Waals surface area contributed by atoms with Gasteiger partial charge in [-0.1, -0.05) is 30.3 Å². The number of benzene rings is 1. The van der Waals surface area contributed by atoms with Crippen molar-refractivity contribution in [2.75, 3.05) is 0 Å². The summed E-state index contributed by atoms with van der Waals surface area (Å²) in [6.45, 7) is 5.01. The Morgan fingerprint density at radius 3 is 2.39 bits per heavy atom. The van der Waals surface area contributed by atoms with Crippen LogP contribution in [0.1, 0.15) is 32.8 Å². The molecule has 23 heavy (non-hydrogen) atoms. The maximum atomic E-state index is 12.5. The van der Waals surface area contributed by atoms with Crippen molar-refractivity contribution in [2.45, 2.75) is 45.3 Å². The van der Waals surface area contributed by atoms with Crippen LogP contribution >= 0.6 is 0 Å². The summed E-state index contributed by atoms with van der Waals surface area (Å²) in [6.07, 6.45) is -0.393. The molecule has 0 aliphatic carbocycles. The minimum absolute atomic E-state index is 0.0995. The average Bonchev–Trinajstić information content (AvgIpc) is 2.76. The molecule has 1 aliphatic heterocycles. The maximum absolute atomic E-state index is 12.5. The molecule has 0 unspecified atom stereocenters. The lowest BCUT2D eigenvalue weighted by molar-refractivity contribution is -0.145. The normalized spacial score (nSPS) is 21.3. The SMILES string of the molecule is CC(C)(C)OC(=O)N1C(=O)[C@H](Cc2ccccc2)C[C@H]1C(=O)O. The van der Waals surface area contributed by atoms with Crippen molar-refractivity contribution >= 4 is 18.0 Å². The van der Waals surface area contributed by atoms with E-state index in [1.807, 2.05) is 30.3 Å². The van der Waals surface area contributed by atoms with Crippen LogP contribution in [0.15, 0.2) is 30.3 Å². The Bertz CT molecular complexity index is 605. The minimum Gasteiger partial charge on any atom is -0.480 e. The predicted molar refractivity (Wildman–Crippen MR) is 82.8 cm³/mol. The second-order valence-electron chi connectivity index (χ2n) is 6.66. The molecule has 2 atom stereocenters. The smallest absolute Gasteiger partial charge is 0.417 e. The van der Waals surface area contributed by atoms with Crippen molar-refractivity contribution in [2.24, 2.45) is 5.92 Å². The van der Waals surface area contributed by atoms with E-state index in [1.54, 1.807) is 20.8 Å². The Morgan fingerprint density at radius 1 is 1.26 bits per heavy atom. The predicted octanol–water partition coefficient (Wildman–Crippen LogP) is 2.47. The highest BCUT2D eigenvalue weighted by Gasteiger charge is 2.48. The number of hydrogen-bond acceptors (Lipinski definition) is 4. The van der Waals surface area contributed by atoms with Gasteiger partial charge in [0.25, 0.3) is 0 Å². The van der Waals surface area contributed by atoms with E-state index in [9.17, 15) is 19.5 Å². The molecular weight excluding hydrogens is 298 g/mol. The summed E-state index contributed by atoms with van der Waals surface area (Å²) in [5.74, 6) is -2.22. The third kappa shape index (κ3) is 4.09. The molecule has 0 aromatic heterocycles. The monoisotopic (exact) mass is 319 g/mol. The number of imide groups is 1. The lowest BCUT2D eigenvalue weighted by Crippen LogP contribution is -2.45. The Kier molecular flexibility index (Phi) is 4.73. The first kappa shape index (κ1) is 17.0. The zero-order valence-corrected chi connectivity index (χ0v) is 13.5. The summed E-state index contributed by atoms with van der Waals surface area (Å²) >= 11 is 0. The highest BCUT2D eigenvalue weighted by molar-refractivity contribution is 6.00. The fraction of sp³-hybridized carbons (Fsp3) is 0.471. The molecule has 124 valence electrons. The standard InChI is InChI=1S/C17H21NO5/c1-17(2,3)23-16(22)18-13(15(20)21)10-12(14(18)19)9-11-7-5-4-6-8-11/h4-8,12-13H,9-10H2,1-3H3,(H,20,21)/t12-,13+/m1/s1. The van der Waals surface area contributed by atoms with E-state index < -0.39 is 35.5 Å². The quantitative estimate of drug-likeness (QED) is 0.925. The number of carbonyl (C=O) groups excluding carboxylic acids is 2. The number of hydrogen-bond donors (Lipinski definition) is 1. The number of nitrogens with zero attached hydrogens (tertiary/aromatic N) is 1. The third-order valence-electron chi connectivity index (χ3n) is 3.61. The van der Waals surface area contributed by atoms with Crippen molar-refractivity contribution in [1.82, 2.24) is 4.90 Å². The van der Waals surface area contributed by atoms with Crippen molar-refractivity contribution in [1.29, 1.82) is 0 Å². The van der Waals surface area contributed by atoms with Crippen LogP contribution in [0.4, 0.5) is 4.79 Å². The minimum atomic E-state index is -1.19. The highest BCUT2D eigenvalue weighted by Crippen LogP contribution is 2.29. The lowest BCUT2D eigenvalue weighted by atomic mass is 9.96. The summed E-state index contributed by atoms with van der Waals surface area (Å²) < 4.78 is 5.17. The van der Waals surface area contributed by atoms with Gasteiger partial charge >= 0.3 is 12.1 Å². The van der Waals surface area contributed by atoms with Gasteiger partial charge < -0.3 is 9.84 Å². The van der Waals surface area contributed by atoms with E-state index in [1.165, 1.54) is 0 Å². The molecule has 1 aromatic carbocycles. The number of carboxylic acids is 1. The number of carboxylic acid groups (broad SMARTS) is 1. The molecule has 0 saturated carbocycles. The van der Waals surface area contributed by atoms with Gasteiger partial charge in [0.1, 0.15) is 11.6 Å². The summed E-state index contributed by atoms with van der Waals surface area (Å²) in [5, 5.41) is 9.33. The fourth-order valence-corrected chi connectivity index (χ4v) is 2.63. The number of amides is 2. The molecule has 6 nitrogen and oxygen atoms in total. The highest BCUT2D eigenvalue weighted by atomic mass is 16.6. The Labute approximate surface area is 135 Å². The third-order valence-corrected chi connectivity index (χ3v) is 3.61. The van der Waals surface area contributed by atoms with Crippen LogP contribution in [0.3, 0.4) is 0 Å². The number of likely N-dealkylation sites (tertiary alicyclic amines) is 1. The molecule has 1 aliphatic rings. The van der Waals surface area contributed by atoms with Crippen molar-refractivity contribution in [3.05, 3.63) is 35.9 Å². The molecule has 1 fully saturated rings. The van der Waals surface area contributed by atoms with Gasteiger partial charge in [-0.25, -0.2) is 14.5 Å². The van der Waals surface area contributed by atoms with Crippen LogP contribution in [0.2, 0.25) is 0 Å². The average molecular weight is 319 g/mol. The van der Waals surface area contributed by atoms with Gasteiger partial charge in [-0.15, -0.1) is 0 Å². The molecular formula is C17H21NO5. The van der Waals surface area contributed by atoms with Gasteiger partial charge in [-0.3, -0.25) is 4.79 Å². The van der Waals surface area contributed by atoms with Crippen LogP contribution in [-0.4, -0.2) is 39.6 Å². The van der Waals surface area contributed by atoms with Gasteiger partial charge in [0, 0.05) is 5.92 Å². The molecule has 0 radical (unpaired) electrons. The Morgan fingerprint density at radius 2 is 1.87 bits per heavy atom. The molecule has 2 amide bonds. The molecule has 2 rings (SSSR count). The van der Waals surface area contributed by atoms with Gasteiger partial charge in [0.2, 0.25) is 5.91 Å². The largest absolute Gasteiger partial charge is 0.480 e. The van der Waals surface area contributed by atoms with Gasteiger partial charge in [0.15, 0.2) is 0 Å². The summed E-state index contributed by atoms with van der Waals surface area (Å²) in [6, 6.07) is 8.15. The van der Waals surface area contributed by atoms with E-state index in [0.29, 0.717) is 6.42 Å². The lowest BCUT2D eigenvalue weighted by Gasteiger charge is -2.25. The van der Waals surface area contributed by atoms with E-state index in [4.69, 9.17) is 4.74 Å². The van der Waals surface area contributed by atoms with Crippen molar-refractivity contribution in [3.8, 4) is 0 Å². The number of carbonyl (C=O) groups is 3. The molecule has 1 saturated heterocycles. The Balaban J connectivity index is 2.18. The number of aliphatic carboxylic acids is 1. The zero-order valence-electron chi connectivity index (χ0n) is 13.5. The van der Waals surface area contributed by atoms with Crippen LogP contribution < -0.4 is 0 Å². The van der Waals surface area contributed by atoms with Crippen LogP contribution in [-0.2, 0) is 20.7 Å². The first-order chi connectivity index (χ1) is 10.7. The zero-order chi connectivity index (χ0) is 17.2. The first-order valence-corrected chi connectivity index (χ1v) is 7.52. The summed E-state index contributed by atoms with van der Waals surface area (Å²) in [4.78, 5) is 36.9. The number of rotatable bonds is 3. The molecule has 6 heteroatoms. The maximum Gasteiger partial charge on any atom is 0.417 e. The summed E-state index contributed by atoms with van der Waals surface area (Å²) in [5.41, 5.74) is 0.138. The topological polar surface area (TPSA) is 83.9 Å². The number of ether oxygens (including phenoxy) is 1. The molecule has 0 bridgehead atoms. The first-order valence-electron chi connectivity index (χ1n) is 7.52. The molecule has 1 N–H and O–H groups in total. The second-order valence-corrected chi connectivity index (χ2v) is 6.66. The molecule has 1 heterocycles. The van der Waals surface area contributed by atoms with Crippen LogP contribution in [0, 0.1) is 5.92 Å². The molecule has 1 aromatic rings. The van der Waals surface area contributed by atoms with E-state index >= 15 is 0 Å².